The van der Waals surface area contributed by atoms with Gasteiger partial charge >= 0.3 is 0 Å². The number of halogens is 1. The fourth-order valence-electron chi connectivity index (χ4n) is 0. The third-order valence-electron chi connectivity index (χ3n) is 0. The average molecular weight is 92.2 g/mol. The average Bonchev–Trinajstić information content (AvgIpc) is 1.41. The molecule has 0 heterocycles. The predicted molar refractivity (Wildman–Crippen MR) is 27.6 cm³/mol. The quantitative estimate of drug-likeness (QED) is 0.430. The summed E-state index contributed by atoms with van der Waals surface area (Å²) in [6, 6.07) is 0. The van der Waals surface area contributed by atoms with Crippen LogP contribution in [0.4, 0.5) is 4.39 Å². The van der Waals surface area contributed by atoms with Gasteiger partial charge in [0.2, 0.25) is 0 Å². The van der Waals surface area contributed by atoms with Gasteiger partial charge in [-0.2, -0.15) is 0 Å². The SMILES string of the molecule is CC.CC(C)F. The molecule has 0 aliphatic rings. The number of hydrogen-bond donors (Lipinski definition) is 0. The van der Waals surface area contributed by atoms with Crippen molar-refractivity contribution in [2.75, 3.05) is 0 Å². The first-order valence-electron chi connectivity index (χ1n) is 2.37. The molecule has 1 heteroatoms. The molecule has 0 aromatic rings. The molecule has 0 saturated carbocycles. The van der Waals surface area contributed by atoms with E-state index in [-0.39, 0.29) is 0 Å². The number of rotatable bonds is 0. The van der Waals surface area contributed by atoms with Gasteiger partial charge in [0.25, 0.3) is 0 Å². The van der Waals surface area contributed by atoms with Crippen LogP contribution in [0.5, 0.6) is 0 Å². The first-order valence-corrected chi connectivity index (χ1v) is 2.37. The van der Waals surface area contributed by atoms with Crippen LogP contribution < -0.4 is 0 Å². The third kappa shape index (κ3) is 6890. The third-order valence-corrected chi connectivity index (χ3v) is 0. The molecule has 0 bridgehead atoms. The van der Waals surface area contributed by atoms with E-state index in [0.29, 0.717) is 0 Å². The summed E-state index contributed by atoms with van der Waals surface area (Å²) in [5.74, 6) is 0. The Bertz CT molecular complexity index is 8.66. The fraction of sp³-hybridized carbons (Fsp3) is 1.00. The maximum Gasteiger partial charge on any atom is 0.0945 e. The molecule has 0 radical (unpaired) electrons. The molecule has 6 heavy (non-hydrogen) atoms. The molecule has 0 fully saturated rings. The van der Waals surface area contributed by atoms with Gasteiger partial charge in [0, 0.05) is 0 Å². The molecule has 0 atom stereocenters. The van der Waals surface area contributed by atoms with Crippen molar-refractivity contribution < 1.29 is 4.39 Å². The highest BCUT2D eigenvalue weighted by Gasteiger charge is 1.73. The van der Waals surface area contributed by atoms with Crippen molar-refractivity contribution >= 4 is 0 Å². The van der Waals surface area contributed by atoms with E-state index in [2.05, 4.69) is 0 Å². The van der Waals surface area contributed by atoms with Crippen LogP contribution in [-0.4, -0.2) is 6.17 Å². The summed E-state index contributed by atoms with van der Waals surface area (Å²) in [5, 5.41) is 0. The van der Waals surface area contributed by atoms with Gasteiger partial charge in [0.15, 0.2) is 0 Å². The van der Waals surface area contributed by atoms with Crippen LogP contribution in [0.2, 0.25) is 0 Å². The molecule has 0 unspecified atom stereocenters. The Balaban J connectivity index is 0. The monoisotopic (exact) mass is 92.1 g/mol. The van der Waals surface area contributed by atoms with Crippen LogP contribution in [-0.2, 0) is 0 Å². The molecule has 0 aromatic carbocycles. The predicted octanol–water partition coefficient (Wildman–Crippen LogP) is 2.39. The van der Waals surface area contributed by atoms with E-state index in [4.69, 9.17) is 0 Å². The molecule has 40 valence electrons. The second-order valence-corrected chi connectivity index (χ2v) is 1.01. The van der Waals surface area contributed by atoms with Gasteiger partial charge in [0.05, 0.1) is 6.17 Å². The Kier molecular flexibility index (Phi) is 13.8. The molecule has 0 saturated heterocycles. The Morgan fingerprint density at radius 3 is 1.17 bits per heavy atom. The van der Waals surface area contributed by atoms with Crippen molar-refractivity contribution in [1.82, 2.24) is 0 Å². The Hall–Kier alpha value is -0.0700. The second-order valence-electron chi connectivity index (χ2n) is 1.01. The van der Waals surface area contributed by atoms with E-state index >= 15 is 0 Å². The maximum atomic E-state index is 11.0. The van der Waals surface area contributed by atoms with Crippen LogP contribution in [0.1, 0.15) is 27.7 Å². The van der Waals surface area contributed by atoms with Crippen molar-refractivity contribution in [3.8, 4) is 0 Å². The van der Waals surface area contributed by atoms with Gasteiger partial charge in [-0.25, -0.2) is 4.39 Å². The highest BCUT2D eigenvalue weighted by molar-refractivity contribution is 4.22. The minimum atomic E-state index is -0.667. The normalized spacial score (nSPS) is 7.00. The molecule has 0 N–H and O–H groups in total. The zero-order chi connectivity index (χ0) is 5.58. The highest BCUT2D eigenvalue weighted by Crippen LogP contribution is 1.77. The molecule has 0 nitrogen and oxygen atoms in total. The maximum absolute atomic E-state index is 11.0. The summed E-state index contributed by atoms with van der Waals surface area (Å²) in [6.45, 7) is 7.00. The van der Waals surface area contributed by atoms with E-state index in [1.165, 1.54) is 13.8 Å². The van der Waals surface area contributed by atoms with Gasteiger partial charge in [-0.1, -0.05) is 13.8 Å². The second kappa shape index (κ2) is 8.87. The summed E-state index contributed by atoms with van der Waals surface area (Å²) in [4.78, 5) is 0. The number of alkyl halides is 1. The number of hydrogen-bond acceptors (Lipinski definition) is 0. The molecule has 0 spiro atoms. The van der Waals surface area contributed by atoms with Crippen LogP contribution in [0, 0.1) is 0 Å². The molecule has 0 amide bonds. The summed E-state index contributed by atoms with van der Waals surface area (Å²) in [5.41, 5.74) is 0. The Labute approximate surface area is 39.4 Å². The van der Waals surface area contributed by atoms with Crippen LogP contribution in [0.3, 0.4) is 0 Å². The smallest absolute Gasteiger partial charge is 0.0945 e. The minimum absolute atomic E-state index is 0.667. The summed E-state index contributed by atoms with van der Waals surface area (Å²) in [7, 11) is 0. The summed E-state index contributed by atoms with van der Waals surface area (Å²) < 4.78 is 11.0. The van der Waals surface area contributed by atoms with E-state index in [1.54, 1.807) is 0 Å². The summed E-state index contributed by atoms with van der Waals surface area (Å²) >= 11 is 0. The van der Waals surface area contributed by atoms with Crippen LogP contribution >= 0.6 is 0 Å². The van der Waals surface area contributed by atoms with Crippen molar-refractivity contribution in [1.29, 1.82) is 0 Å². The molecule has 0 rings (SSSR count). The van der Waals surface area contributed by atoms with Gasteiger partial charge in [-0.3, -0.25) is 0 Å². The lowest BCUT2D eigenvalue weighted by molar-refractivity contribution is 0.391. The van der Waals surface area contributed by atoms with Crippen LogP contribution in [0.15, 0.2) is 0 Å². The Morgan fingerprint density at radius 2 is 1.17 bits per heavy atom. The molecule has 0 aliphatic heterocycles. The van der Waals surface area contributed by atoms with E-state index in [0.717, 1.165) is 0 Å². The standard InChI is InChI=1S/C3H7F.C2H6/c1-3(2)4;1-2/h3H,1-2H3;1-2H3. The molecular weight excluding hydrogens is 79.1 g/mol. The van der Waals surface area contributed by atoms with E-state index in [9.17, 15) is 4.39 Å². The molecule has 0 aliphatic carbocycles. The van der Waals surface area contributed by atoms with E-state index < -0.39 is 6.17 Å². The van der Waals surface area contributed by atoms with Crippen molar-refractivity contribution in [3.05, 3.63) is 0 Å². The Morgan fingerprint density at radius 1 is 1.17 bits per heavy atom. The first kappa shape index (κ1) is 9.33. The van der Waals surface area contributed by atoms with Gasteiger partial charge < -0.3 is 0 Å². The molecule has 0 aromatic heterocycles. The lowest BCUT2D eigenvalue weighted by Crippen LogP contribution is -1.73. The highest BCUT2D eigenvalue weighted by atomic mass is 19.1. The zero-order valence-electron chi connectivity index (χ0n) is 4.96. The molecular formula is C5H13F. The summed E-state index contributed by atoms with van der Waals surface area (Å²) in [6.07, 6.45) is -0.667. The van der Waals surface area contributed by atoms with Crippen molar-refractivity contribution in [3.63, 3.8) is 0 Å². The first-order chi connectivity index (χ1) is 2.73. The zero-order valence-corrected chi connectivity index (χ0v) is 4.96. The van der Waals surface area contributed by atoms with Gasteiger partial charge in [0.1, 0.15) is 0 Å². The fourth-order valence-corrected chi connectivity index (χ4v) is 0. The largest absolute Gasteiger partial charge is 0.248 e. The van der Waals surface area contributed by atoms with Crippen molar-refractivity contribution in [2.45, 2.75) is 33.9 Å². The topological polar surface area (TPSA) is 0 Å². The van der Waals surface area contributed by atoms with Gasteiger partial charge in [-0.05, 0) is 13.8 Å². The van der Waals surface area contributed by atoms with Crippen molar-refractivity contribution in [2.24, 2.45) is 0 Å². The van der Waals surface area contributed by atoms with Crippen LogP contribution in [0.25, 0.3) is 0 Å². The minimum Gasteiger partial charge on any atom is -0.248 e. The van der Waals surface area contributed by atoms with Gasteiger partial charge in [-0.15, -0.1) is 0 Å². The lowest BCUT2D eigenvalue weighted by Gasteiger charge is -1.74. The van der Waals surface area contributed by atoms with E-state index in [1.807, 2.05) is 13.8 Å². The lowest BCUT2D eigenvalue weighted by atomic mass is 10.5.